The maximum Gasteiger partial charge on any atom is 0.261 e. The average Bonchev–Trinajstić information content (AvgIpc) is 2.73. The molecule has 1 amide bonds. The number of nitrogens with one attached hydrogen (secondary N) is 2. The summed E-state index contributed by atoms with van der Waals surface area (Å²) in [6.45, 7) is 0.478. The monoisotopic (exact) mass is 446 g/mol. The van der Waals surface area contributed by atoms with Crippen LogP contribution in [0, 0.1) is 0 Å². The minimum absolute atomic E-state index is 0.161. The molecule has 5 nitrogen and oxygen atoms in total. The molecule has 29 heavy (non-hydrogen) atoms. The van der Waals surface area contributed by atoms with Gasteiger partial charge in [-0.05, 0) is 54.6 Å². The van der Waals surface area contributed by atoms with E-state index in [1.54, 1.807) is 48.2 Å². The van der Waals surface area contributed by atoms with Crippen LogP contribution in [-0.4, -0.2) is 26.6 Å². The van der Waals surface area contributed by atoms with E-state index in [4.69, 9.17) is 11.6 Å². The van der Waals surface area contributed by atoms with Gasteiger partial charge in [0.2, 0.25) is 0 Å². The van der Waals surface area contributed by atoms with Crippen LogP contribution < -0.4 is 10.0 Å². The first kappa shape index (κ1) is 21.2. The van der Waals surface area contributed by atoms with Crippen molar-refractivity contribution in [1.82, 2.24) is 5.32 Å². The summed E-state index contributed by atoms with van der Waals surface area (Å²) in [5.41, 5.74) is 0.715. The Kier molecular flexibility index (Phi) is 7.19. The van der Waals surface area contributed by atoms with E-state index in [0.717, 1.165) is 4.90 Å². The third-order valence-corrected chi connectivity index (χ3v) is 6.56. The van der Waals surface area contributed by atoms with E-state index in [2.05, 4.69) is 10.0 Å². The van der Waals surface area contributed by atoms with Crippen molar-refractivity contribution >= 4 is 45.0 Å². The molecule has 0 aliphatic heterocycles. The first-order chi connectivity index (χ1) is 13.9. The average molecular weight is 447 g/mol. The second kappa shape index (κ2) is 9.82. The van der Waals surface area contributed by atoms with Gasteiger partial charge < -0.3 is 5.32 Å². The molecule has 3 aromatic carbocycles. The van der Waals surface area contributed by atoms with Crippen LogP contribution in [0.15, 0.2) is 88.7 Å². The van der Waals surface area contributed by atoms with Crippen molar-refractivity contribution in [1.29, 1.82) is 0 Å². The molecule has 0 spiro atoms. The van der Waals surface area contributed by atoms with Gasteiger partial charge in [-0.15, -0.1) is 11.8 Å². The number of carbonyl (C=O) groups is 1. The van der Waals surface area contributed by atoms with E-state index in [0.29, 0.717) is 28.6 Å². The van der Waals surface area contributed by atoms with E-state index in [9.17, 15) is 13.2 Å². The molecule has 3 aromatic rings. The summed E-state index contributed by atoms with van der Waals surface area (Å²) in [5, 5.41) is 3.52. The first-order valence-corrected chi connectivity index (χ1v) is 11.6. The molecule has 0 saturated heterocycles. The lowest BCUT2D eigenvalue weighted by Crippen LogP contribution is -2.25. The number of rotatable bonds is 8. The molecule has 150 valence electrons. The number of sulfonamides is 1. The van der Waals surface area contributed by atoms with Gasteiger partial charge in [-0.2, -0.15) is 0 Å². The Morgan fingerprint density at radius 1 is 0.931 bits per heavy atom. The fourth-order valence-electron chi connectivity index (χ4n) is 2.50. The normalized spacial score (nSPS) is 11.1. The van der Waals surface area contributed by atoms with Gasteiger partial charge >= 0.3 is 0 Å². The van der Waals surface area contributed by atoms with Crippen molar-refractivity contribution in [3.8, 4) is 0 Å². The number of amides is 1. The fraction of sp³-hybridized carbons (Fsp3) is 0.0952. The summed E-state index contributed by atoms with van der Waals surface area (Å²) in [5.74, 6) is 0.440. The summed E-state index contributed by atoms with van der Waals surface area (Å²) in [4.78, 5) is 13.6. The van der Waals surface area contributed by atoms with Gasteiger partial charge in [-0.1, -0.05) is 35.9 Å². The van der Waals surface area contributed by atoms with Crippen LogP contribution in [0.25, 0.3) is 0 Å². The molecule has 3 rings (SSSR count). The van der Waals surface area contributed by atoms with E-state index >= 15 is 0 Å². The Hall–Kier alpha value is -2.48. The Morgan fingerprint density at radius 2 is 1.66 bits per heavy atom. The number of carbonyl (C=O) groups excluding carboxylic acids is 1. The van der Waals surface area contributed by atoms with Crippen LogP contribution in [0.5, 0.6) is 0 Å². The summed E-state index contributed by atoms with van der Waals surface area (Å²) in [6.07, 6.45) is 0. The lowest BCUT2D eigenvalue weighted by Gasteiger charge is -2.10. The summed E-state index contributed by atoms with van der Waals surface area (Å²) < 4.78 is 27.4. The van der Waals surface area contributed by atoms with Gasteiger partial charge in [-0.3, -0.25) is 9.52 Å². The Morgan fingerprint density at radius 3 is 2.38 bits per heavy atom. The molecule has 0 aromatic heterocycles. The molecule has 0 unspecified atom stereocenters. The second-order valence-electron chi connectivity index (χ2n) is 6.06. The quantitative estimate of drug-likeness (QED) is 0.389. The van der Waals surface area contributed by atoms with Crippen molar-refractivity contribution in [3.63, 3.8) is 0 Å². The van der Waals surface area contributed by atoms with Gasteiger partial charge in [-0.25, -0.2) is 8.42 Å². The highest BCUT2D eigenvalue weighted by molar-refractivity contribution is 7.99. The Balaban J connectivity index is 1.56. The Labute approximate surface area is 179 Å². The van der Waals surface area contributed by atoms with E-state index in [-0.39, 0.29) is 10.8 Å². The Bertz CT molecular complexity index is 1070. The molecule has 0 bridgehead atoms. The summed E-state index contributed by atoms with van der Waals surface area (Å²) in [7, 11) is -3.70. The largest absolute Gasteiger partial charge is 0.351 e. The number of hydrogen-bond donors (Lipinski definition) is 2. The van der Waals surface area contributed by atoms with Crippen molar-refractivity contribution in [2.24, 2.45) is 0 Å². The van der Waals surface area contributed by atoms with E-state index in [1.807, 2.05) is 24.3 Å². The summed E-state index contributed by atoms with van der Waals surface area (Å²) in [6, 6.07) is 22.0. The number of anilines is 1. The van der Waals surface area contributed by atoms with Crippen molar-refractivity contribution in [3.05, 3.63) is 89.4 Å². The lowest BCUT2D eigenvalue weighted by atomic mass is 10.2. The molecule has 0 fully saturated rings. The predicted molar refractivity (Wildman–Crippen MR) is 118 cm³/mol. The smallest absolute Gasteiger partial charge is 0.261 e. The maximum atomic E-state index is 12.4. The lowest BCUT2D eigenvalue weighted by molar-refractivity contribution is 0.0956. The number of benzene rings is 3. The molecular weight excluding hydrogens is 428 g/mol. The van der Waals surface area contributed by atoms with Crippen molar-refractivity contribution in [2.45, 2.75) is 9.79 Å². The van der Waals surface area contributed by atoms with E-state index < -0.39 is 10.0 Å². The van der Waals surface area contributed by atoms with Crippen LogP contribution >= 0.6 is 23.4 Å². The standard InChI is InChI=1S/C21H19ClN2O3S2/c22-17-9-11-19(12-10-17)28-14-13-23-21(25)16-5-4-6-18(15-16)24-29(26,27)20-7-2-1-3-8-20/h1-12,15,24H,13-14H2,(H,23,25). The van der Waals surface area contributed by atoms with Crippen molar-refractivity contribution in [2.75, 3.05) is 17.0 Å². The molecule has 8 heteroatoms. The third kappa shape index (κ3) is 6.25. The number of hydrogen-bond acceptors (Lipinski definition) is 4. The molecule has 0 saturated carbocycles. The van der Waals surface area contributed by atoms with Gasteiger partial charge in [0.1, 0.15) is 0 Å². The highest BCUT2D eigenvalue weighted by atomic mass is 35.5. The van der Waals surface area contributed by atoms with Crippen molar-refractivity contribution < 1.29 is 13.2 Å². The minimum atomic E-state index is -3.70. The van der Waals surface area contributed by atoms with Crippen LogP contribution in [-0.2, 0) is 10.0 Å². The predicted octanol–water partition coefficient (Wildman–Crippen LogP) is 4.66. The molecule has 0 aliphatic rings. The van der Waals surface area contributed by atoms with Gasteiger partial charge in [0.05, 0.1) is 4.90 Å². The van der Waals surface area contributed by atoms with Crippen LogP contribution in [0.1, 0.15) is 10.4 Å². The molecule has 0 aliphatic carbocycles. The molecule has 0 atom stereocenters. The van der Waals surface area contributed by atoms with Gasteiger partial charge in [0, 0.05) is 33.5 Å². The van der Waals surface area contributed by atoms with E-state index in [1.165, 1.54) is 18.2 Å². The zero-order valence-corrected chi connectivity index (χ0v) is 17.7. The topological polar surface area (TPSA) is 75.3 Å². The fourth-order valence-corrected chi connectivity index (χ4v) is 4.47. The second-order valence-corrected chi connectivity index (χ2v) is 9.34. The zero-order chi connectivity index (χ0) is 20.7. The SMILES string of the molecule is O=C(NCCSc1ccc(Cl)cc1)c1cccc(NS(=O)(=O)c2ccccc2)c1. The first-order valence-electron chi connectivity index (χ1n) is 8.78. The number of thioether (sulfide) groups is 1. The number of halogens is 1. The van der Waals surface area contributed by atoms with Crippen LogP contribution in [0.2, 0.25) is 5.02 Å². The minimum Gasteiger partial charge on any atom is -0.351 e. The van der Waals surface area contributed by atoms with Crippen LogP contribution in [0.4, 0.5) is 5.69 Å². The molecule has 0 radical (unpaired) electrons. The highest BCUT2D eigenvalue weighted by Crippen LogP contribution is 2.20. The van der Waals surface area contributed by atoms with Crippen LogP contribution in [0.3, 0.4) is 0 Å². The zero-order valence-electron chi connectivity index (χ0n) is 15.3. The molecule has 2 N–H and O–H groups in total. The van der Waals surface area contributed by atoms with Gasteiger partial charge in [0.25, 0.3) is 15.9 Å². The molecular formula is C21H19ClN2O3S2. The highest BCUT2D eigenvalue weighted by Gasteiger charge is 2.14. The molecule has 0 heterocycles. The maximum absolute atomic E-state index is 12.4. The summed E-state index contributed by atoms with van der Waals surface area (Å²) >= 11 is 7.47. The van der Waals surface area contributed by atoms with Gasteiger partial charge in [0.15, 0.2) is 0 Å². The third-order valence-electron chi connectivity index (χ3n) is 3.90.